The summed E-state index contributed by atoms with van der Waals surface area (Å²) in [6.45, 7) is 19.4. The van der Waals surface area contributed by atoms with Crippen molar-refractivity contribution in [3.05, 3.63) is 12.2 Å². The van der Waals surface area contributed by atoms with Gasteiger partial charge in [-0.3, -0.25) is 0 Å². The molecule has 4 rings (SSSR count). The number of hydrogen-bond donors (Lipinski definition) is 1. The van der Waals surface area contributed by atoms with Crippen LogP contribution >= 0.6 is 0 Å². The Morgan fingerprint density at radius 2 is 1.59 bits per heavy atom. The second-order valence-corrected chi connectivity index (χ2v) is 13.7. The van der Waals surface area contributed by atoms with E-state index in [9.17, 15) is 5.11 Å². The Kier molecular flexibility index (Phi) is 7.28. The van der Waals surface area contributed by atoms with Gasteiger partial charge in [0, 0.05) is 0 Å². The molecule has 0 spiro atoms. The van der Waals surface area contributed by atoms with Gasteiger partial charge < -0.3 is 5.11 Å². The fraction of sp³-hybridized carbons (Fsp3) is 0.935. The average Bonchev–Trinajstić information content (AvgIpc) is 3.11. The van der Waals surface area contributed by atoms with Gasteiger partial charge in [-0.1, -0.05) is 53.7 Å². The van der Waals surface area contributed by atoms with Gasteiger partial charge >= 0.3 is 0 Å². The lowest BCUT2D eigenvalue weighted by Crippen LogP contribution is -2.54. The summed E-state index contributed by atoms with van der Waals surface area (Å²) in [5.41, 5.74) is 2.58. The molecule has 0 aliphatic heterocycles. The molecule has 4 saturated carbocycles. The Labute approximate surface area is 200 Å². The van der Waals surface area contributed by atoms with Crippen molar-refractivity contribution >= 4 is 0 Å². The van der Waals surface area contributed by atoms with Crippen LogP contribution in [-0.2, 0) is 0 Å². The van der Waals surface area contributed by atoms with Gasteiger partial charge in [-0.25, -0.2) is 0 Å². The van der Waals surface area contributed by atoms with Gasteiger partial charge in [0.05, 0.1) is 6.10 Å². The standard InChI is InChI=1S/C31H54O/c1-8-23(22(5)20(2)3)10-9-21(4)27-13-14-28-26-12-11-24-19-25(32)15-17-30(24,6)29(26)16-18-31(27,28)7/h20-21,23-29,32H,5,8-19H2,1-4,6-7H3. The number of aliphatic hydroxyl groups excluding tert-OH is 1. The topological polar surface area (TPSA) is 20.2 Å². The maximum absolute atomic E-state index is 10.3. The van der Waals surface area contributed by atoms with Gasteiger partial charge in [0.25, 0.3) is 0 Å². The molecule has 0 amide bonds. The summed E-state index contributed by atoms with van der Waals surface area (Å²) in [6.07, 6.45) is 16.1. The van der Waals surface area contributed by atoms with Crippen LogP contribution < -0.4 is 0 Å². The summed E-state index contributed by atoms with van der Waals surface area (Å²) in [7, 11) is 0. The Hall–Kier alpha value is -0.300. The molecule has 4 fully saturated rings. The van der Waals surface area contributed by atoms with Crippen LogP contribution in [0.4, 0.5) is 0 Å². The highest BCUT2D eigenvalue weighted by molar-refractivity contribution is 5.10. The van der Waals surface area contributed by atoms with Crippen LogP contribution in [0.25, 0.3) is 0 Å². The molecule has 0 radical (unpaired) electrons. The largest absolute Gasteiger partial charge is 0.393 e. The third kappa shape index (κ3) is 4.16. The third-order valence-corrected chi connectivity index (χ3v) is 12.1. The van der Waals surface area contributed by atoms with E-state index in [1.165, 1.54) is 69.8 Å². The van der Waals surface area contributed by atoms with Crippen molar-refractivity contribution in [2.24, 2.45) is 58.2 Å². The molecule has 1 nitrogen and oxygen atoms in total. The molecule has 10 unspecified atom stereocenters. The van der Waals surface area contributed by atoms with Gasteiger partial charge in [0.2, 0.25) is 0 Å². The lowest BCUT2D eigenvalue weighted by molar-refractivity contribution is -0.129. The zero-order valence-corrected chi connectivity index (χ0v) is 22.3. The Morgan fingerprint density at radius 3 is 2.28 bits per heavy atom. The molecule has 0 aromatic carbocycles. The van der Waals surface area contributed by atoms with Crippen LogP contribution in [-0.4, -0.2) is 11.2 Å². The summed E-state index contributed by atoms with van der Waals surface area (Å²) < 4.78 is 0. The van der Waals surface area contributed by atoms with E-state index in [1.54, 1.807) is 0 Å². The fourth-order valence-corrected chi connectivity index (χ4v) is 10.00. The highest BCUT2D eigenvalue weighted by Crippen LogP contribution is 2.68. The molecule has 0 aromatic heterocycles. The summed E-state index contributed by atoms with van der Waals surface area (Å²) >= 11 is 0. The van der Waals surface area contributed by atoms with Crippen LogP contribution in [0.3, 0.4) is 0 Å². The lowest BCUT2D eigenvalue weighted by atomic mass is 9.44. The lowest BCUT2D eigenvalue weighted by Gasteiger charge is -2.61. The van der Waals surface area contributed by atoms with Crippen molar-refractivity contribution in [3.63, 3.8) is 0 Å². The average molecular weight is 443 g/mol. The monoisotopic (exact) mass is 442 g/mol. The summed E-state index contributed by atoms with van der Waals surface area (Å²) in [5.74, 6) is 6.76. The van der Waals surface area contributed by atoms with Crippen molar-refractivity contribution in [1.82, 2.24) is 0 Å². The Balaban J connectivity index is 1.43. The summed E-state index contributed by atoms with van der Waals surface area (Å²) in [6, 6.07) is 0. The number of rotatable bonds is 7. The minimum Gasteiger partial charge on any atom is -0.393 e. The minimum atomic E-state index is -0.0195. The van der Waals surface area contributed by atoms with Gasteiger partial charge in [0.1, 0.15) is 0 Å². The second-order valence-electron chi connectivity index (χ2n) is 13.7. The van der Waals surface area contributed by atoms with Crippen LogP contribution in [0, 0.1) is 58.2 Å². The van der Waals surface area contributed by atoms with Gasteiger partial charge in [-0.05, 0) is 135 Å². The number of hydrogen-bond acceptors (Lipinski definition) is 1. The van der Waals surface area contributed by atoms with E-state index < -0.39 is 0 Å². The Morgan fingerprint density at radius 1 is 0.906 bits per heavy atom. The second kappa shape index (κ2) is 9.39. The molecule has 0 heterocycles. The Bertz CT molecular complexity index is 665. The first kappa shape index (κ1) is 24.8. The first-order valence-corrected chi connectivity index (χ1v) is 14.5. The first-order valence-electron chi connectivity index (χ1n) is 14.5. The highest BCUT2D eigenvalue weighted by Gasteiger charge is 2.60. The van der Waals surface area contributed by atoms with Crippen LogP contribution in [0.1, 0.15) is 119 Å². The van der Waals surface area contributed by atoms with Crippen LogP contribution in [0.2, 0.25) is 0 Å². The van der Waals surface area contributed by atoms with Gasteiger partial charge in [-0.15, -0.1) is 0 Å². The quantitative estimate of drug-likeness (QED) is 0.391. The molecule has 1 N–H and O–H groups in total. The summed E-state index contributed by atoms with van der Waals surface area (Å²) in [5, 5.41) is 10.3. The maximum Gasteiger partial charge on any atom is 0.0543 e. The van der Waals surface area contributed by atoms with E-state index in [1.807, 2.05) is 0 Å². The van der Waals surface area contributed by atoms with Gasteiger partial charge in [-0.2, -0.15) is 0 Å². The maximum atomic E-state index is 10.3. The molecule has 0 aromatic rings. The van der Waals surface area contributed by atoms with E-state index in [4.69, 9.17) is 0 Å². The molecule has 32 heavy (non-hydrogen) atoms. The predicted molar refractivity (Wildman–Crippen MR) is 137 cm³/mol. The van der Waals surface area contributed by atoms with Crippen molar-refractivity contribution in [1.29, 1.82) is 0 Å². The molecule has 0 saturated heterocycles. The predicted octanol–water partition coefficient (Wildman–Crippen LogP) is 8.66. The van der Waals surface area contributed by atoms with Crippen molar-refractivity contribution in [2.75, 3.05) is 0 Å². The van der Waals surface area contributed by atoms with Crippen LogP contribution in [0.15, 0.2) is 12.2 Å². The summed E-state index contributed by atoms with van der Waals surface area (Å²) in [4.78, 5) is 0. The molecule has 0 bridgehead atoms. The van der Waals surface area contributed by atoms with E-state index in [-0.39, 0.29) is 6.10 Å². The van der Waals surface area contributed by atoms with E-state index in [0.717, 1.165) is 54.3 Å². The van der Waals surface area contributed by atoms with Crippen molar-refractivity contribution < 1.29 is 5.11 Å². The van der Waals surface area contributed by atoms with Crippen LogP contribution in [0.5, 0.6) is 0 Å². The van der Waals surface area contributed by atoms with Crippen molar-refractivity contribution in [2.45, 2.75) is 125 Å². The number of fused-ring (bicyclic) bond motifs is 5. The molecule has 4 aliphatic carbocycles. The van der Waals surface area contributed by atoms with E-state index in [2.05, 4.69) is 48.1 Å². The molecular formula is C31H54O. The molecule has 1 heteroatoms. The normalized spacial score (nSPS) is 45.6. The van der Waals surface area contributed by atoms with Crippen molar-refractivity contribution in [3.8, 4) is 0 Å². The SMILES string of the molecule is C=C(C(C)C)C(CC)CCC(C)C1CCC2C3CCC4CC(O)CCC4(C)C3CCC12C. The highest BCUT2D eigenvalue weighted by atomic mass is 16.3. The first-order chi connectivity index (χ1) is 15.1. The van der Waals surface area contributed by atoms with Gasteiger partial charge in [0.15, 0.2) is 0 Å². The zero-order valence-electron chi connectivity index (χ0n) is 22.3. The number of allylic oxidation sites excluding steroid dienone is 1. The molecule has 184 valence electrons. The third-order valence-electron chi connectivity index (χ3n) is 12.1. The van der Waals surface area contributed by atoms with E-state index >= 15 is 0 Å². The smallest absolute Gasteiger partial charge is 0.0543 e. The number of aliphatic hydroxyl groups is 1. The molecule has 10 atom stereocenters. The minimum absolute atomic E-state index is 0.0195. The fourth-order valence-electron chi connectivity index (χ4n) is 10.00. The zero-order chi connectivity index (χ0) is 23.3. The molecular weight excluding hydrogens is 388 g/mol. The molecule has 4 aliphatic rings. The van der Waals surface area contributed by atoms with E-state index in [0.29, 0.717) is 16.7 Å².